The molecular weight excluding hydrogens is 353 g/mol. The van der Waals surface area contributed by atoms with Crippen LogP contribution in [0, 0.1) is 5.82 Å². The van der Waals surface area contributed by atoms with Gasteiger partial charge in [-0.25, -0.2) is 14.0 Å². The zero-order chi connectivity index (χ0) is 19.4. The van der Waals surface area contributed by atoms with E-state index in [0.717, 1.165) is 12.5 Å². The molecule has 1 amide bonds. The lowest BCUT2D eigenvalue weighted by atomic mass is 10.1. The van der Waals surface area contributed by atoms with Crippen LogP contribution in [0.15, 0.2) is 57.7 Å². The van der Waals surface area contributed by atoms with Crippen molar-refractivity contribution in [3.05, 3.63) is 75.9 Å². The van der Waals surface area contributed by atoms with Gasteiger partial charge in [0.25, 0.3) is 5.91 Å². The largest absolute Gasteiger partial charge is 0.423 e. The monoisotopic (exact) mass is 369 g/mol. The summed E-state index contributed by atoms with van der Waals surface area (Å²) >= 11 is 0. The summed E-state index contributed by atoms with van der Waals surface area (Å²) in [4.78, 5) is 36.1. The van der Waals surface area contributed by atoms with Gasteiger partial charge in [-0.1, -0.05) is 13.0 Å². The van der Waals surface area contributed by atoms with Crippen molar-refractivity contribution < 1.29 is 23.1 Å². The van der Waals surface area contributed by atoms with E-state index in [1.54, 1.807) is 6.07 Å². The molecule has 0 aliphatic carbocycles. The quantitative estimate of drug-likeness (QED) is 0.424. The standard InChI is InChI=1S/C20H16FNO5/c1-2-8-22-18(23)16-10-12-6-7-15(11-17(12)27-20(16)25)26-19(24)13-4-3-5-14(21)9-13/h3-7,9-11H,2,8H2,1H3,(H,22,23). The Morgan fingerprint density at radius 2 is 1.96 bits per heavy atom. The maximum Gasteiger partial charge on any atom is 0.349 e. The Hall–Kier alpha value is -3.48. The number of halogens is 1. The first kappa shape index (κ1) is 18.3. The van der Waals surface area contributed by atoms with E-state index in [-0.39, 0.29) is 22.5 Å². The molecular formula is C20H16FNO5. The van der Waals surface area contributed by atoms with E-state index in [4.69, 9.17) is 9.15 Å². The third-order valence-corrected chi connectivity index (χ3v) is 3.76. The number of esters is 1. The van der Waals surface area contributed by atoms with E-state index >= 15 is 0 Å². The Morgan fingerprint density at radius 3 is 2.70 bits per heavy atom. The molecule has 1 aromatic heterocycles. The Morgan fingerprint density at radius 1 is 1.15 bits per heavy atom. The van der Waals surface area contributed by atoms with E-state index in [2.05, 4.69) is 5.32 Å². The molecule has 0 saturated heterocycles. The lowest BCUT2D eigenvalue weighted by Crippen LogP contribution is -2.28. The molecule has 0 spiro atoms. The minimum Gasteiger partial charge on any atom is -0.423 e. The highest BCUT2D eigenvalue weighted by Gasteiger charge is 2.15. The summed E-state index contributed by atoms with van der Waals surface area (Å²) < 4.78 is 23.6. The Bertz CT molecular complexity index is 1070. The smallest absolute Gasteiger partial charge is 0.349 e. The molecule has 0 aliphatic heterocycles. The van der Waals surface area contributed by atoms with Crippen molar-refractivity contribution in [1.82, 2.24) is 5.32 Å². The highest BCUT2D eigenvalue weighted by Crippen LogP contribution is 2.21. The molecule has 138 valence electrons. The molecule has 0 radical (unpaired) electrons. The summed E-state index contributed by atoms with van der Waals surface area (Å²) in [5, 5.41) is 3.12. The Labute approximate surface area is 153 Å². The number of amides is 1. The number of hydrogen-bond donors (Lipinski definition) is 1. The number of nitrogens with one attached hydrogen (secondary N) is 1. The van der Waals surface area contributed by atoms with Crippen LogP contribution in [-0.2, 0) is 0 Å². The van der Waals surface area contributed by atoms with Gasteiger partial charge in [0.15, 0.2) is 0 Å². The average molecular weight is 369 g/mol. The van der Waals surface area contributed by atoms with Gasteiger partial charge in [0.05, 0.1) is 5.56 Å². The van der Waals surface area contributed by atoms with Gasteiger partial charge in [-0.15, -0.1) is 0 Å². The number of benzene rings is 2. The van der Waals surface area contributed by atoms with E-state index in [9.17, 15) is 18.8 Å². The average Bonchev–Trinajstić information content (AvgIpc) is 2.65. The first-order valence-corrected chi connectivity index (χ1v) is 8.32. The van der Waals surface area contributed by atoms with Crippen LogP contribution < -0.4 is 15.7 Å². The summed E-state index contributed by atoms with van der Waals surface area (Å²) in [6, 6.07) is 10.9. The van der Waals surface area contributed by atoms with Crippen LogP contribution in [0.3, 0.4) is 0 Å². The third-order valence-electron chi connectivity index (χ3n) is 3.76. The molecule has 0 saturated carbocycles. The fraction of sp³-hybridized carbons (Fsp3) is 0.150. The number of hydrogen-bond acceptors (Lipinski definition) is 5. The Kier molecular flexibility index (Phi) is 5.30. The Balaban J connectivity index is 1.86. The molecule has 3 rings (SSSR count). The lowest BCUT2D eigenvalue weighted by Gasteiger charge is -2.07. The van der Waals surface area contributed by atoms with Crippen LogP contribution in [0.2, 0.25) is 0 Å². The van der Waals surface area contributed by atoms with E-state index in [0.29, 0.717) is 11.9 Å². The minimum absolute atomic E-state index is 0.0551. The SMILES string of the molecule is CCCNC(=O)c1cc2ccc(OC(=O)c3cccc(F)c3)cc2oc1=O. The van der Waals surface area contributed by atoms with Crippen LogP contribution in [0.25, 0.3) is 11.0 Å². The molecule has 27 heavy (non-hydrogen) atoms. The minimum atomic E-state index is -0.787. The lowest BCUT2D eigenvalue weighted by molar-refractivity contribution is 0.0734. The van der Waals surface area contributed by atoms with Crippen molar-refractivity contribution >= 4 is 22.8 Å². The fourth-order valence-corrected chi connectivity index (χ4v) is 2.43. The number of fused-ring (bicyclic) bond motifs is 1. The second-order valence-corrected chi connectivity index (χ2v) is 5.80. The van der Waals surface area contributed by atoms with Gasteiger partial charge >= 0.3 is 11.6 Å². The number of carbonyl (C=O) groups excluding carboxylic acids is 2. The molecule has 6 nitrogen and oxygen atoms in total. The molecule has 0 fully saturated rings. The molecule has 2 aromatic carbocycles. The summed E-state index contributed by atoms with van der Waals surface area (Å²) in [6.45, 7) is 2.35. The molecule has 0 bridgehead atoms. The van der Waals surface area contributed by atoms with Crippen molar-refractivity contribution in [2.24, 2.45) is 0 Å². The normalized spacial score (nSPS) is 10.6. The predicted octanol–water partition coefficient (Wildman–Crippen LogP) is 3.29. The van der Waals surface area contributed by atoms with Crippen molar-refractivity contribution in [2.75, 3.05) is 6.54 Å². The van der Waals surface area contributed by atoms with Crippen LogP contribution in [-0.4, -0.2) is 18.4 Å². The van der Waals surface area contributed by atoms with Crippen LogP contribution >= 0.6 is 0 Å². The first-order chi connectivity index (χ1) is 13.0. The summed E-state index contributed by atoms with van der Waals surface area (Å²) in [5.74, 6) is -1.67. The van der Waals surface area contributed by atoms with E-state index in [1.807, 2.05) is 6.92 Å². The first-order valence-electron chi connectivity index (χ1n) is 8.32. The van der Waals surface area contributed by atoms with Gasteiger partial charge in [-0.2, -0.15) is 0 Å². The van der Waals surface area contributed by atoms with Crippen molar-refractivity contribution in [3.8, 4) is 5.75 Å². The molecule has 1 heterocycles. The second kappa shape index (κ2) is 7.82. The molecule has 0 atom stereocenters. The van der Waals surface area contributed by atoms with Gasteiger partial charge in [-0.3, -0.25) is 4.79 Å². The van der Waals surface area contributed by atoms with Crippen LogP contribution in [0.4, 0.5) is 4.39 Å². The molecule has 3 aromatic rings. The zero-order valence-corrected chi connectivity index (χ0v) is 14.5. The summed E-state index contributed by atoms with van der Waals surface area (Å²) in [7, 11) is 0. The van der Waals surface area contributed by atoms with Gasteiger partial charge < -0.3 is 14.5 Å². The molecule has 0 unspecified atom stereocenters. The van der Waals surface area contributed by atoms with Crippen LogP contribution in [0.5, 0.6) is 5.75 Å². The fourth-order valence-electron chi connectivity index (χ4n) is 2.43. The number of carbonyl (C=O) groups is 2. The van der Waals surface area contributed by atoms with Crippen molar-refractivity contribution in [3.63, 3.8) is 0 Å². The summed E-state index contributed by atoms with van der Waals surface area (Å²) in [5.41, 5.74) is -0.666. The van der Waals surface area contributed by atoms with E-state index in [1.165, 1.54) is 36.4 Å². The topological polar surface area (TPSA) is 85.6 Å². The zero-order valence-electron chi connectivity index (χ0n) is 14.5. The number of rotatable bonds is 5. The maximum absolute atomic E-state index is 13.2. The summed E-state index contributed by atoms with van der Waals surface area (Å²) in [6.07, 6.45) is 0.741. The maximum atomic E-state index is 13.2. The van der Waals surface area contributed by atoms with E-state index < -0.39 is 23.3 Å². The van der Waals surface area contributed by atoms with Gasteiger partial charge in [0, 0.05) is 18.0 Å². The predicted molar refractivity (Wildman–Crippen MR) is 96.5 cm³/mol. The highest BCUT2D eigenvalue weighted by molar-refractivity contribution is 5.97. The van der Waals surface area contributed by atoms with Gasteiger partial charge in [-0.05, 0) is 42.8 Å². The van der Waals surface area contributed by atoms with Gasteiger partial charge in [0.2, 0.25) is 0 Å². The van der Waals surface area contributed by atoms with Crippen molar-refractivity contribution in [2.45, 2.75) is 13.3 Å². The van der Waals surface area contributed by atoms with Crippen LogP contribution in [0.1, 0.15) is 34.1 Å². The number of ether oxygens (including phenoxy) is 1. The second-order valence-electron chi connectivity index (χ2n) is 5.80. The van der Waals surface area contributed by atoms with Crippen molar-refractivity contribution in [1.29, 1.82) is 0 Å². The third kappa shape index (κ3) is 4.20. The highest BCUT2D eigenvalue weighted by atomic mass is 19.1. The van der Waals surface area contributed by atoms with Gasteiger partial charge in [0.1, 0.15) is 22.7 Å². The molecule has 1 N–H and O–H groups in total. The molecule has 7 heteroatoms. The molecule has 0 aliphatic rings.